The normalized spacial score (nSPS) is 11.3. The first kappa shape index (κ1) is 15.1. The zero-order valence-corrected chi connectivity index (χ0v) is 13.0. The van der Waals surface area contributed by atoms with Crippen LogP contribution in [-0.2, 0) is 0 Å². The van der Waals surface area contributed by atoms with Gasteiger partial charge in [0.1, 0.15) is 11.5 Å². The molecule has 0 amide bonds. The molecule has 0 aliphatic heterocycles. The van der Waals surface area contributed by atoms with Gasteiger partial charge in [0, 0.05) is 22.7 Å². The first-order valence-corrected chi connectivity index (χ1v) is 7.48. The fourth-order valence-electron chi connectivity index (χ4n) is 2.04. The van der Waals surface area contributed by atoms with Crippen LogP contribution in [0.2, 0.25) is 5.02 Å². The Hall–Kier alpha value is -2.78. The highest BCUT2D eigenvalue weighted by atomic mass is 35.5. The molecule has 0 heterocycles. The van der Waals surface area contributed by atoms with E-state index in [4.69, 9.17) is 16.3 Å². The van der Waals surface area contributed by atoms with Gasteiger partial charge in [0.15, 0.2) is 6.21 Å². The quantitative estimate of drug-likeness (QED) is 0.279. The van der Waals surface area contributed by atoms with E-state index in [1.54, 1.807) is 48.5 Å². The van der Waals surface area contributed by atoms with Gasteiger partial charge in [-0.05, 0) is 48.5 Å². The molecule has 3 rings (SSSR count). The van der Waals surface area contributed by atoms with Crippen molar-refractivity contribution in [3.63, 3.8) is 0 Å². The molecule has 0 N–H and O–H groups in total. The van der Waals surface area contributed by atoms with Gasteiger partial charge >= 0.3 is 0 Å². The summed E-state index contributed by atoms with van der Waals surface area (Å²) in [6.45, 7) is 0. The Morgan fingerprint density at radius 1 is 0.783 bits per heavy atom. The van der Waals surface area contributed by atoms with Crippen LogP contribution in [0.25, 0.3) is 0 Å². The van der Waals surface area contributed by atoms with Crippen LogP contribution in [0.1, 0.15) is 5.56 Å². The third-order valence-electron chi connectivity index (χ3n) is 3.21. The number of nitrogens with zero attached hydrogens (tertiary/aromatic N) is 1. The van der Waals surface area contributed by atoms with E-state index in [2.05, 4.69) is 0 Å². The summed E-state index contributed by atoms with van der Waals surface area (Å²) in [4.78, 5) is 0. The molecule has 0 unspecified atom stereocenters. The van der Waals surface area contributed by atoms with Crippen molar-refractivity contribution in [1.29, 1.82) is 0 Å². The number of hydrogen-bond donors (Lipinski definition) is 0. The Morgan fingerprint density at radius 2 is 1.39 bits per heavy atom. The maximum atomic E-state index is 12.2. The molecule has 114 valence electrons. The van der Waals surface area contributed by atoms with Crippen molar-refractivity contribution in [2.75, 3.05) is 0 Å². The molecule has 0 aromatic heterocycles. The Balaban J connectivity index is 1.75. The fraction of sp³-hybridized carbons (Fsp3) is 0. The Bertz CT molecular complexity index is 797. The Labute approximate surface area is 139 Å². The van der Waals surface area contributed by atoms with Crippen molar-refractivity contribution in [2.24, 2.45) is 0 Å². The number of benzene rings is 3. The highest BCUT2D eigenvalue weighted by Gasteiger charge is 2.04. The van der Waals surface area contributed by atoms with E-state index in [0.717, 1.165) is 16.1 Å². The van der Waals surface area contributed by atoms with Crippen molar-refractivity contribution in [3.05, 3.63) is 94.7 Å². The minimum absolute atomic E-state index is 0.528. The maximum absolute atomic E-state index is 12.2. The molecule has 3 aromatic rings. The predicted molar refractivity (Wildman–Crippen MR) is 92.9 cm³/mol. The lowest BCUT2D eigenvalue weighted by molar-refractivity contribution is -0.354. The lowest BCUT2D eigenvalue weighted by Gasteiger charge is -2.07. The molecular formula is C19H14ClNO2. The molecule has 4 heteroatoms. The minimum Gasteiger partial charge on any atom is -0.618 e. The van der Waals surface area contributed by atoms with Crippen molar-refractivity contribution >= 4 is 23.5 Å². The molecule has 0 saturated heterocycles. The maximum Gasteiger partial charge on any atom is 0.216 e. The second-order valence-corrected chi connectivity index (χ2v) is 5.35. The van der Waals surface area contributed by atoms with Crippen molar-refractivity contribution in [2.45, 2.75) is 0 Å². The van der Waals surface area contributed by atoms with E-state index in [-0.39, 0.29) is 0 Å². The lowest BCUT2D eigenvalue weighted by atomic mass is 10.2. The molecule has 0 radical (unpaired) electrons. The van der Waals surface area contributed by atoms with Gasteiger partial charge in [-0.1, -0.05) is 29.8 Å². The van der Waals surface area contributed by atoms with Crippen molar-refractivity contribution < 1.29 is 9.48 Å². The number of rotatable bonds is 4. The molecule has 0 saturated carbocycles. The second kappa shape index (κ2) is 6.99. The Kier molecular flexibility index (Phi) is 4.60. The number of hydrogen-bond acceptors (Lipinski definition) is 2. The van der Waals surface area contributed by atoms with E-state index in [1.807, 2.05) is 30.3 Å². The smallest absolute Gasteiger partial charge is 0.216 e. The molecule has 0 spiro atoms. The predicted octanol–water partition coefficient (Wildman–Crippen LogP) is 5.39. The van der Waals surface area contributed by atoms with Gasteiger partial charge in [-0.25, -0.2) is 0 Å². The van der Waals surface area contributed by atoms with Crippen LogP contribution >= 0.6 is 11.6 Å². The summed E-state index contributed by atoms with van der Waals surface area (Å²) in [5.74, 6) is 1.44. The van der Waals surface area contributed by atoms with Gasteiger partial charge in [-0.15, -0.1) is 0 Å². The molecule has 0 aliphatic rings. The number of para-hydroxylation sites is 1. The topological polar surface area (TPSA) is 35.3 Å². The molecule has 3 aromatic carbocycles. The molecular weight excluding hydrogens is 310 g/mol. The van der Waals surface area contributed by atoms with Gasteiger partial charge in [-0.3, -0.25) is 0 Å². The van der Waals surface area contributed by atoms with Gasteiger partial charge in [0.25, 0.3) is 0 Å². The summed E-state index contributed by atoms with van der Waals surface area (Å²) in [5.41, 5.74) is 1.31. The average Bonchev–Trinajstić information content (AvgIpc) is 2.58. The first-order chi connectivity index (χ1) is 11.2. The van der Waals surface area contributed by atoms with E-state index >= 15 is 0 Å². The summed E-state index contributed by atoms with van der Waals surface area (Å²) < 4.78 is 6.51. The lowest BCUT2D eigenvalue weighted by Crippen LogP contribution is -1.98. The van der Waals surface area contributed by atoms with E-state index < -0.39 is 0 Å². The highest BCUT2D eigenvalue weighted by Crippen LogP contribution is 2.23. The zero-order chi connectivity index (χ0) is 16.1. The van der Waals surface area contributed by atoms with Crippen LogP contribution in [-0.4, -0.2) is 11.0 Å². The molecule has 0 atom stereocenters. The summed E-state index contributed by atoms with van der Waals surface area (Å²) in [6.07, 6.45) is 1.50. The summed E-state index contributed by atoms with van der Waals surface area (Å²) in [5, 5.41) is 12.8. The van der Waals surface area contributed by atoms with E-state index in [9.17, 15) is 5.21 Å². The third-order valence-corrected chi connectivity index (χ3v) is 3.46. The fourth-order valence-corrected chi connectivity index (χ4v) is 2.17. The van der Waals surface area contributed by atoms with Gasteiger partial charge in [0.2, 0.25) is 5.69 Å². The van der Waals surface area contributed by atoms with Crippen molar-refractivity contribution in [1.82, 2.24) is 0 Å². The van der Waals surface area contributed by atoms with Crippen molar-refractivity contribution in [3.8, 4) is 11.5 Å². The average molecular weight is 324 g/mol. The van der Waals surface area contributed by atoms with E-state index in [0.29, 0.717) is 16.5 Å². The largest absolute Gasteiger partial charge is 0.618 e. The van der Waals surface area contributed by atoms with Gasteiger partial charge < -0.3 is 9.94 Å². The van der Waals surface area contributed by atoms with Gasteiger partial charge in [0.05, 0.1) is 0 Å². The number of ether oxygens (including phenoxy) is 1. The van der Waals surface area contributed by atoms with Crippen LogP contribution in [0.5, 0.6) is 11.5 Å². The molecule has 3 nitrogen and oxygen atoms in total. The SMILES string of the molecule is [O-][N+](=Cc1ccc(Cl)cc1)c1ccc(Oc2ccccc2)cc1. The molecule has 0 aliphatic carbocycles. The van der Waals surface area contributed by atoms with Crippen LogP contribution in [0.3, 0.4) is 0 Å². The molecule has 23 heavy (non-hydrogen) atoms. The van der Waals surface area contributed by atoms with Crippen LogP contribution in [0.4, 0.5) is 5.69 Å². The van der Waals surface area contributed by atoms with Crippen LogP contribution < -0.4 is 4.74 Å². The van der Waals surface area contributed by atoms with E-state index in [1.165, 1.54) is 6.21 Å². The summed E-state index contributed by atoms with van der Waals surface area (Å²) in [7, 11) is 0. The molecule has 0 bridgehead atoms. The summed E-state index contributed by atoms with van der Waals surface area (Å²) in [6, 6.07) is 23.5. The zero-order valence-electron chi connectivity index (χ0n) is 12.2. The standard InChI is InChI=1S/C19H14ClNO2/c20-16-8-6-15(7-9-16)14-21(22)17-10-12-19(13-11-17)23-18-4-2-1-3-5-18/h1-14H. The summed E-state index contributed by atoms with van der Waals surface area (Å²) >= 11 is 5.83. The number of halogens is 1. The highest BCUT2D eigenvalue weighted by molar-refractivity contribution is 6.30. The van der Waals surface area contributed by atoms with Gasteiger partial charge in [-0.2, -0.15) is 4.74 Å². The second-order valence-electron chi connectivity index (χ2n) is 4.92. The molecule has 0 fully saturated rings. The van der Waals surface area contributed by atoms with Crippen LogP contribution in [0, 0.1) is 5.21 Å². The van der Waals surface area contributed by atoms with Crippen LogP contribution in [0.15, 0.2) is 78.9 Å². The first-order valence-electron chi connectivity index (χ1n) is 7.10. The third kappa shape index (κ3) is 4.11. The monoisotopic (exact) mass is 323 g/mol. The minimum atomic E-state index is 0.528. The Morgan fingerprint density at radius 3 is 2.04 bits per heavy atom.